The lowest BCUT2D eigenvalue weighted by Gasteiger charge is -2.55. The quantitative estimate of drug-likeness (QED) is 0.426. The lowest BCUT2D eigenvalue weighted by atomic mass is 9.70. The molecule has 0 spiro atoms. The van der Waals surface area contributed by atoms with Gasteiger partial charge in [-0.25, -0.2) is 0 Å². The van der Waals surface area contributed by atoms with Crippen LogP contribution in [0.3, 0.4) is 0 Å². The van der Waals surface area contributed by atoms with Gasteiger partial charge in [-0.3, -0.25) is 14.5 Å². The van der Waals surface area contributed by atoms with Gasteiger partial charge in [0.15, 0.2) is 0 Å². The van der Waals surface area contributed by atoms with Crippen molar-refractivity contribution in [3.05, 3.63) is 11.3 Å². The SMILES string of the molecule is NC(=O)C12CC[N+](CC3=C(C(=O)[O-])N4C(=O)[C@@H](N)[C@@H]4SC3)(CC1)CC2. The van der Waals surface area contributed by atoms with Crippen molar-refractivity contribution in [3.8, 4) is 0 Å². The summed E-state index contributed by atoms with van der Waals surface area (Å²) < 4.78 is 0.764. The third-order valence-corrected chi connectivity index (χ3v) is 7.89. The molecule has 2 atom stereocenters. The second kappa shape index (κ2) is 5.46. The van der Waals surface area contributed by atoms with Crippen molar-refractivity contribution in [2.45, 2.75) is 30.7 Å². The Bertz CT molecular complexity index is 682. The van der Waals surface area contributed by atoms with Gasteiger partial charge in [-0.15, -0.1) is 11.8 Å². The molecule has 0 aromatic carbocycles. The van der Waals surface area contributed by atoms with Crippen LogP contribution >= 0.6 is 11.8 Å². The van der Waals surface area contributed by atoms with Crippen molar-refractivity contribution < 1.29 is 24.0 Å². The summed E-state index contributed by atoms with van der Waals surface area (Å²) in [5.74, 6) is -1.32. The van der Waals surface area contributed by atoms with Crippen LogP contribution in [0.15, 0.2) is 11.3 Å². The van der Waals surface area contributed by atoms with Crippen LogP contribution in [0.2, 0.25) is 0 Å². The van der Waals surface area contributed by atoms with E-state index in [-0.39, 0.29) is 28.3 Å². The van der Waals surface area contributed by atoms with E-state index in [0.717, 1.165) is 49.0 Å². The van der Waals surface area contributed by atoms with Gasteiger partial charge in [-0.05, 0) is 0 Å². The average Bonchev–Trinajstić information content (AvgIpc) is 2.61. The van der Waals surface area contributed by atoms with Gasteiger partial charge < -0.3 is 25.9 Å². The molecule has 5 aliphatic heterocycles. The number of nitrogens with zero attached hydrogens (tertiary/aromatic N) is 2. The number of primary amides is 1. The highest BCUT2D eigenvalue weighted by Crippen LogP contribution is 2.46. The van der Waals surface area contributed by atoms with Crippen molar-refractivity contribution in [1.82, 2.24) is 4.90 Å². The first-order valence-corrected chi connectivity index (χ1v) is 9.62. The Morgan fingerprint density at radius 3 is 2.40 bits per heavy atom. The number of rotatable bonds is 4. The lowest BCUT2D eigenvalue weighted by Crippen LogP contribution is -2.70. The number of thioether (sulfide) groups is 1. The molecule has 4 saturated heterocycles. The standard InChI is InChI=1S/C16H22N4O4S/c17-10-12(21)19-11(14(22)23)9(8-25-13(10)19)7-20-4-1-16(2-5-20,3-6-20)15(18)24/h10,13H,1-8,17H2,(H2-,18,22,23,24)/t10-,13+,16?,20?/m1/s1. The number of aliphatic carboxylic acids is 1. The minimum absolute atomic E-state index is 0.0141. The fraction of sp³-hybridized carbons (Fsp3) is 0.688. The average molecular weight is 366 g/mol. The molecule has 5 rings (SSSR count). The number of amides is 2. The van der Waals surface area contributed by atoms with Gasteiger partial charge >= 0.3 is 0 Å². The van der Waals surface area contributed by atoms with E-state index in [1.54, 1.807) is 0 Å². The summed E-state index contributed by atoms with van der Waals surface area (Å²) in [5.41, 5.74) is 11.8. The Morgan fingerprint density at radius 1 is 1.28 bits per heavy atom. The van der Waals surface area contributed by atoms with Gasteiger partial charge in [0.2, 0.25) is 11.8 Å². The van der Waals surface area contributed by atoms with Gasteiger partial charge in [0, 0.05) is 30.6 Å². The van der Waals surface area contributed by atoms with Crippen LogP contribution in [0.4, 0.5) is 0 Å². The Kier molecular flexibility index (Phi) is 3.68. The molecule has 0 radical (unpaired) electrons. The molecule has 0 aromatic rings. The van der Waals surface area contributed by atoms with Gasteiger partial charge in [0.1, 0.15) is 18.0 Å². The summed E-state index contributed by atoms with van der Waals surface area (Å²) in [6.07, 6.45) is 2.25. The molecule has 5 aliphatic rings. The molecule has 5 heterocycles. The summed E-state index contributed by atoms with van der Waals surface area (Å²) >= 11 is 1.52. The highest BCUT2D eigenvalue weighted by Gasteiger charge is 2.54. The number of nitrogens with two attached hydrogens (primary N) is 2. The third-order valence-electron chi connectivity index (χ3n) is 6.52. The van der Waals surface area contributed by atoms with Gasteiger partial charge in [0.25, 0.3) is 0 Å². The zero-order chi connectivity index (χ0) is 18.0. The van der Waals surface area contributed by atoms with Crippen molar-refractivity contribution in [3.63, 3.8) is 0 Å². The Labute approximate surface area is 149 Å². The molecular formula is C16H22N4O4S. The number of piperidine rings is 3. The highest BCUT2D eigenvalue weighted by molar-refractivity contribution is 8.00. The molecule has 4 N–H and O–H groups in total. The molecule has 0 saturated carbocycles. The van der Waals surface area contributed by atoms with Crippen LogP contribution < -0.4 is 16.6 Å². The number of quaternary nitrogens is 1. The van der Waals surface area contributed by atoms with Crippen molar-refractivity contribution in [2.24, 2.45) is 16.9 Å². The van der Waals surface area contributed by atoms with E-state index in [1.165, 1.54) is 16.7 Å². The first-order valence-electron chi connectivity index (χ1n) is 8.57. The molecule has 4 fully saturated rings. The molecule has 25 heavy (non-hydrogen) atoms. The van der Waals surface area contributed by atoms with E-state index in [4.69, 9.17) is 11.5 Å². The fourth-order valence-corrected chi connectivity index (χ4v) is 6.05. The largest absolute Gasteiger partial charge is 0.543 e. The summed E-state index contributed by atoms with van der Waals surface area (Å²) in [5, 5.41) is 11.4. The fourth-order valence-electron chi connectivity index (χ4n) is 4.77. The van der Waals surface area contributed by atoms with Crippen LogP contribution in [-0.4, -0.2) is 70.5 Å². The number of carbonyl (C=O) groups excluding carboxylic acids is 3. The van der Waals surface area contributed by atoms with E-state index < -0.39 is 12.0 Å². The van der Waals surface area contributed by atoms with E-state index >= 15 is 0 Å². The van der Waals surface area contributed by atoms with E-state index in [2.05, 4.69) is 0 Å². The summed E-state index contributed by atoms with van der Waals surface area (Å²) in [7, 11) is 0. The number of hydrogen-bond acceptors (Lipinski definition) is 6. The van der Waals surface area contributed by atoms with Crippen LogP contribution in [-0.2, 0) is 14.4 Å². The number of carboxylic acid groups (broad SMARTS) is 1. The van der Waals surface area contributed by atoms with E-state index in [1.807, 2.05) is 0 Å². The minimum atomic E-state index is -1.31. The molecule has 0 aliphatic carbocycles. The monoisotopic (exact) mass is 366 g/mol. The predicted molar refractivity (Wildman–Crippen MR) is 88.3 cm³/mol. The molecule has 0 unspecified atom stereocenters. The molecule has 2 bridgehead atoms. The molecule has 136 valence electrons. The van der Waals surface area contributed by atoms with Gasteiger partial charge in [-0.2, -0.15) is 0 Å². The second-order valence-corrected chi connectivity index (χ2v) is 8.85. The molecule has 8 nitrogen and oxygen atoms in total. The van der Waals surface area contributed by atoms with Gasteiger partial charge in [-0.1, -0.05) is 0 Å². The maximum Gasteiger partial charge on any atom is 0.248 e. The van der Waals surface area contributed by atoms with Crippen LogP contribution in [0.25, 0.3) is 0 Å². The Morgan fingerprint density at radius 2 is 1.88 bits per heavy atom. The predicted octanol–water partition coefficient (Wildman–Crippen LogP) is -2.28. The third kappa shape index (κ3) is 2.32. The summed E-state index contributed by atoms with van der Waals surface area (Å²) in [6, 6.07) is -0.630. The zero-order valence-electron chi connectivity index (χ0n) is 13.9. The molecule has 0 aromatic heterocycles. The van der Waals surface area contributed by atoms with Crippen LogP contribution in [0, 0.1) is 5.41 Å². The number of carbonyl (C=O) groups is 3. The Balaban J connectivity index is 1.59. The second-order valence-electron chi connectivity index (χ2n) is 7.74. The Hall–Kier alpha value is -1.58. The topological polar surface area (TPSA) is 130 Å². The summed E-state index contributed by atoms with van der Waals surface area (Å²) in [4.78, 5) is 36.8. The van der Waals surface area contributed by atoms with Crippen molar-refractivity contribution in [2.75, 3.05) is 31.9 Å². The maximum atomic E-state index is 12.0. The minimum Gasteiger partial charge on any atom is -0.543 e. The lowest BCUT2D eigenvalue weighted by molar-refractivity contribution is -0.940. The number of carboxylic acids is 1. The molecule has 9 heteroatoms. The van der Waals surface area contributed by atoms with Crippen molar-refractivity contribution in [1.29, 1.82) is 0 Å². The van der Waals surface area contributed by atoms with Gasteiger partial charge in [0.05, 0.1) is 36.7 Å². The van der Waals surface area contributed by atoms with E-state index in [0.29, 0.717) is 12.3 Å². The number of fused-ring (bicyclic) bond motifs is 4. The first kappa shape index (κ1) is 16.9. The van der Waals surface area contributed by atoms with E-state index in [9.17, 15) is 19.5 Å². The number of hydrogen-bond donors (Lipinski definition) is 2. The van der Waals surface area contributed by atoms with Crippen LogP contribution in [0.1, 0.15) is 19.3 Å². The maximum absolute atomic E-state index is 12.0. The number of β-lactam (4-membered cyclic amide) rings is 1. The highest BCUT2D eigenvalue weighted by atomic mass is 32.2. The zero-order valence-corrected chi connectivity index (χ0v) is 14.7. The van der Waals surface area contributed by atoms with Crippen LogP contribution in [0.5, 0.6) is 0 Å². The van der Waals surface area contributed by atoms with Crippen molar-refractivity contribution >= 4 is 29.5 Å². The smallest absolute Gasteiger partial charge is 0.248 e. The molecular weight excluding hydrogens is 344 g/mol. The first-order chi connectivity index (χ1) is 11.8. The molecule has 2 amide bonds. The normalized spacial score (nSPS) is 39.9. The summed E-state index contributed by atoms with van der Waals surface area (Å²) in [6.45, 7) is 3.02.